The highest BCUT2D eigenvalue weighted by atomic mass is 16.7. The molecular weight excluding hydrogens is 408 g/mol. The molecule has 0 bridgehead atoms. The number of hydrogen-bond donors (Lipinski definition) is 7. The van der Waals surface area contributed by atoms with E-state index in [2.05, 4.69) is 26.1 Å². The second-order valence-corrected chi connectivity index (χ2v) is 7.12. The van der Waals surface area contributed by atoms with E-state index in [9.17, 15) is 19.2 Å². The normalized spacial score (nSPS) is 12.5. The van der Waals surface area contributed by atoms with Gasteiger partial charge in [0.2, 0.25) is 11.8 Å². The summed E-state index contributed by atoms with van der Waals surface area (Å²) in [5, 5.41) is 16.3. The number of hydrogen-bond acceptors (Lipinski definition) is 7. The minimum Gasteiger partial charge on any atom is -0.450 e. The van der Waals surface area contributed by atoms with E-state index >= 15 is 0 Å². The lowest BCUT2D eigenvalue weighted by atomic mass is 10.0. The molecule has 0 spiro atoms. The van der Waals surface area contributed by atoms with E-state index in [-0.39, 0.29) is 25.5 Å². The van der Waals surface area contributed by atoms with Crippen LogP contribution in [0.5, 0.6) is 0 Å². The number of carbonyl (C=O) groups excluding carboxylic acids is 3. The van der Waals surface area contributed by atoms with Gasteiger partial charge < -0.3 is 31.5 Å². The van der Waals surface area contributed by atoms with Gasteiger partial charge in [0, 0.05) is 12.2 Å². The van der Waals surface area contributed by atoms with Crippen LogP contribution in [0.3, 0.4) is 0 Å². The molecule has 0 saturated carbocycles. The average molecular weight is 438 g/mol. The van der Waals surface area contributed by atoms with E-state index < -0.39 is 36.1 Å². The Balaban J connectivity index is 2.80. The maximum absolute atomic E-state index is 12.8. The maximum Gasteiger partial charge on any atom is 0.506 e. The number of urea groups is 1. The molecule has 0 aliphatic heterocycles. The van der Waals surface area contributed by atoms with Gasteiger partial charge in [-0.3, -0.25) is 15.4 Å². The molecule has 1 aromatic rings. The van der Waals surface area contributed by atoms with Crippen molar-refractivity contribution in [2.45, 2.75) is 45.4 Å². The van der Waals surface area contributed by atoms with Crippen LogP contribution in [-0.2, 0) is 20.9 Å². The number of amides is 4. The Labute approximate surface area is 180 Å². The van der Waals surface area contributed by atoms with Gasteiger partial charge in [-0.25, -0.2) is 15.0 Å². The van der Waals surface area contributed by atoms with E-state index in [0.717, 1.165) is 0 Å². The molecule has 0 aliphatic rings. The quantitative estimate of drug-likeness (QED) is 0.104. The van der Waals surface area contributed by atoms with Gasteiger partial charge in [0.1, 0.15) is 18.7 Å². The summed E-state index contributed by atoms with van der Waals surface area (Å²) in [6, 6.07) is 4.14. The molecule has 0 radical (unpaired) electrons. The highest BCUT2D eigenvalue weighted by molar-refractivity contribution is 5.97. The summed E-state index contributed by atoms with van der Waals surface area (Å²) in [7, 11) is 0. The van der Waals surface area contributed by atoms with Crippen molar-refractivity contribution in [1.29, 1.82) is 0 Å². The van der Waals surface area contributed by atoms with Crippen molar-refractivity contribution in [2.24, 2.45) is 17.5 Å². The number of carbonyl (C=O) groups is 4. The van der Waals surface area contributed by atoms with Crippen molar-refractivity contribution in [2.75, 3.05) is 11.9 Å². The number of hydrazine groups is 1. The second kappa shape index (κ2) is 13.0. The summed E-state index contributed by atoms with van der Waals surface area (Å²) < 4.78 is 4.48. The highest BCUT2D eigenvalue weighted by Crippen LogP contribution is 2.12. The Morgan fingerprint density at radius 3 is 2.26 bits per heavy atom. The molecule has 0 aliphatic carbocycles. The molecule has 172 valence electrons. The molecule has 12 heteroatoms. The number of nitrogens with two attached hydrogens (primary N) is 2. The molecule has 0 heterocycles. The number of benzene rings is 1. The molecule has 1 aromatic carbocycles. The van der Waals surface area contributed by atoms with E-state index in [1.165, 1.54) is 0 Å². The van der Waals surface area contributed by atoms with Gasteiger partial charge in [0.25, 0.3) is 0 Å². The number of carboxylic acid groups (broad SMARTS) is 1. The van der Waals surface area contributed by atoms with Gasteiger partial charge in [0.15, 0.2) is 0 Å². The van der Waals surface area contributed by atoms with Crippen molar-refractivity contribution in [3.63, 3.8) is 0 Å². The van der Waals surface area contributed by atoms with Crippen molar-refractivity contribution >= 4 is 29.7 Å². The first-order valence-electron chi connectivity index (χ1n) is 9.69. The molecule has 0 fully saturated rings. The Bertz CT molecular complexity index is 755. The van der Waals surface area contributed by atoms with Crippen molar-refractivity contribution < 1.29 is 29.0 Å². The largest absolute Gasteiger partial charge is 0.506 e. The number of primary amides is 1. The lowest BCUT2D eigenvalue weighted by Gasteiger charge is -2.24. The topological polar surface area (TPSA) is 198 Å². The molecule has 0 aromatic heterocycles. The summed E-state index contributed by atoms with van der Waals surface area (Å²) in [4.78, 5) is 46.5. The van der Waals surface area contributed by atoms with Crippen LogP contribution in [0, 0.1) is 5.92 Å². The van der Waals surface area contributed by atoms with Gasteiger partial charge >= 0.3 is 12.2 Å². The number of ether oxygens (including phenoxy) is 1. The predicted molar refractivity (Wildman–Crippen MR) is 113 cm³/mol. The molecular formula is C19H30N6O6. The molecule has 1 rings (SSSR count). The first kappa shape index (κ1) is 25.7. The van der Waals surface area contributed by atoms with E-state index in [1.54, 1.807) is 24.3 Å². The van der Waals surface area contributed by atoms with Gasteiger partial charge in [0.05, 0.1) is 0 Å². The minimum atomic E-state index is -1.38. The Kier molecular flexibility index (Phi) is 10.8. The third-order valence-corrected chi connectivity index (χ3v) is 4.31. The zero-order chi connectivity index (χ0) is 23.4. The lowest BCUT2D eigenvalue weighted by Crippen LogP contribution is -2.55. The van der Waals surface area contributed by atoms with Crippen molar-refractivity contribution in [1.82, 2.24) is 16.1 Å². The first-order valence-corrected chi connectivity index (χ1v) is 9.69. The molecule has 12 nitrogen and oxygen atoms in total. The van der Waals surface area contributed by atoms with Gasteiger partial charge in [-0.15, -0.1) is 0 Å². The lowest BCUT2D eigenvalue weighted by molar-refractivity contribution is -0.128. The summed E-state index contributed by atoms with van der Waals surface area (Å²) in [5.74, 6) is 4.45. The highest BCUT2D eigenvalue weighted by Gasteiger charge is 2.26. The Morgan fingerprint density at radius 1 is 1.10 bits per heavy atom. The van der Waals surface area contributed by atoms with Crippen LogP contribution < -0.4 is 33.0 Å². The zero-order valence-electron chi connectivity index (χ0n) is 17.5. The summed E-state index contributed by atoms with van der Waals surface area (Å²) >= 11 is 0. The average Bonchev–Trinajstić information content (AvgIpc) is 2.69. The first-order chi connectivity index (χ1) is 14.6. The van der Waals surface area contributed by atoms with Crippen molar-refractivity contribution in [3.05, 3.63) is 29.8 Å². The molecule has 9 N–H and O–H groups in total. The summed E-state index contributed by atoms with van der Waals surface area (Å²) in [6.07, 6.45) is -0.735. The Hall–Kier alpha value is -3.38. The number of nitrogens with one attached hydrogen (secondary N) is 4. The van der Waals surface area contributed by atoms with Crippen LogP contribution in [0.1, 0.15) is 32.3 Å². The minimum absolute atomic E-state index is 0.106. The molecule has 31 heavy (non-hydrogen) atoms. The fourth-order valence-electron chi connectivity index (χ4n) is 2.68. The van der Waals surface area contributed by atoms with Gasteiger partial charge in [-0.2, -0.15) is 0 Å². The SMILES string of the molecule is CC(C)C(NN)C(=O)N[C@@H](CCCNC(N)=O)C(=O)Nc1ccc(COC(=O)O)cc1. The van der Waals surface area contributed by atoms with Crippen LogP contribution in [0.4, 0.5) is 15.3 Å². The van der Waals surface area contributed by atoms with Crippen LogP contribution in [0.15, 0.2) is 24.3 Å². The van der Waals surface area contributed by atoms with Gasteiger partial charge in [-0.05, 0) is 36.5 Å². The molecule has 4 amide bonds. The number of rotatable bonds is 12. The molecule has 2 atom stereocenters. The monoisotopic (exact) mass is 438 g/mol. The summed E-state index contributed by atoms with van der Waals surface area (Å²) in [5.41, 5.74) is 8.53. The fourth-order valence-corrected chi connectivity index (χ4v) is 2.68. The van der Waals surface area contributed by atoms with Crippen molar-refractivity contribution in [3.8, 4) is 0 Å². The second-order valence-electron chi connectivity index (χ2n) is 7.12. The van der Waals surface area contributed by atoms with Gasteiger partial charge in [-0.1, -0.05) is 26.0 Å². The zero-order valence-corrected chi connectivity index (χ0v) is 17.5. The third-order valence-electron chi connectivity index (χ3n) is 4.31. The number of anilines is 1. The predicted octanol–water partition coefficient (Wildman–Crippen LogP) is 0.241. The molecule has 1 unspecified atom stereocenters. The van der Waals surface area contributed by atoms with E-state index in [4.69, 9.17) is 16.7 Å². The van der Waals surface area contributed by atoms with Crippen LogP contribution in [0.2, 0.25) is 0 Å². The van der Waals surface area contributed by atoms with E-state index in [1.807, 2.05) is 13.8 Å². The fraction of sp³-hybridized carbons (Fsp3) is 0.474. The Morgan fingerprint density at radius 2 is 1.74 bits per heavy atom. The smallest absolute Gasteiger partial charge is 0.450 e. The maximum atomic E-state index is 12.8. The standard InChI is InChI=1S/C19H30N6O6/c1-11(2)15(25-21)17(27)24-14(4-3-9-22-18(20)28)16(26)23-13-7-5-12(6-8-13)10-31-19(29)30/h5-8,11,14-15,25H,3-4,9-10,21H2,1-2H3,(H,23,26)(H,24,27)(H,29,30)(H3,20,22,28)/t14-,15?/m0/s1. The van der Waals surface area contributed by atoms with Crippen LogP contribution in [-0.4, -0.2) is 47.7 Å². The van der Waals surface area contributed by atoms with Crippen LogP contribution >= 0.6 is 0 Å². The van der Waals surface area contributed by atoms with Crippen LogP contribution in [0.25, 0.3) is 0 Å². The molecule has 0 saturated heterocycles. The third kappa shape index (κ3) is 9.78. The summed E-state index contributed by atoms with van der Waals surface area (Å²) in [6.45, 7) is 3.75. The van der Waals surface area contributed by atoms with E-state index in [0.29, 0.717) is 17.7 Å².